The van der Waals surface area contributed by atoms with Crippen LogP contribution in [-0.2, 0) is 9.59 Å². The van der Waals surface area contributed by atoms with Gasteiger partial charge in [-0.2, -0.15) is 4.99 Å². The lowest BCUT2D eigenvalue weighted by Gasteiger charge is -2.14. The Kier molecular flexibility index (Phi) is 7.56. The molecule has 0 aliphatic heterocycles. The fourth-order valence-electron chi connectivity index (χ4n) is 2.37. The predicted octanol–water partition coefficient (Wildman–Crippen LogP) is 3.01. The maximum Gasteiger partial charge on any atom is 0.322 e. The third kappa shape index (κ3) is 6.42. The zero-order chi connectivity index (χ0) is 20.5. The molecule has 2 N–H and O–H groups in total. The molecule has 0 radical (unpaired) electrons. The van der Waals surface area contributed by atoms with Gasteiger partial charge in [-0.3, -0.25) is 14.4 Å². The zero-order valence-electron chi connectivity index (χ0n) is 15.0. The molecule has 0 aliphatic carbocycles. The number of nitrogens with one attached hydrogen (secondary N) is 1. The first-order valence-corrected chi connectivity index (χ1v) is 8.77. The van der Waals surface area contributed by atoms with Gasteiger partial charge in [-0.15, -0.1) is 0 Å². The van der Waals surface area contributed by atoms with Crippen molar-refractivity contribution in [3.63, 3.8) is 0 Å². The topological polar surface area (TPSA) is 105 Å². The van der Waals surface area contributed by atoms with E-state index in [2.05, 4.69) is 27.7 Å². The lowest BCUT2D eigenvalue weighted by atomic mass is 10.0. The van der Waals surface area contributed by atoms with Gasteiger partial charge in [-0.1, -0.05) is 0 Å². The van der Waals surface area contributed by atoms with Crippen LogP contribution in [0.5, 0.6) is 5.75 Å². The molecular formula is C20H18N2O5S. The number of carbonyl (C=O) groups is 3. The molecule has 1 atom stereocenters. The summed E-state index contributed by atoms with van der Waals surface area (Å²) in [6.45, 7) is 1.27. The molecule has 0 fully saturated rings. The second-order valence-corrected chi connectivity index (χ2v) is 6.09. The van der Waals surface area contributed by atoms with Crippen molar-refractivity contribution in [2.24, 2.45) is 4.99 Å². The summed E-state index contributed by atoms with van der Waals surface area (Å²) in [5, 5.41) is 13.1. The van der Waals surface area contributed by atoms with E-state index in [-0.39, 0.29) is 12.2 Å². The van der Waals surface area contributed by atoms with Crippen LogP contribution in [0.3, 0.4) is 0 Å². The Morgan fingerprint density at radius 3 is 2.21 bits per heavy atom. The van der Waals surface area contributed by atoms with Crippen LogP contribution in [-0.4, -0.2) is 40.6 Å². The van der Waals surface area contributed by atoms with E-state index in [0.29, 0.717) is 22.6 Å². The Balaban J connectivity index is 1.95. The first-order valence-electron chi connectivity index (χ1n) is 8.37. The highest BCUT2D eigenvalue weighted by atomic mass is 32.1. The van der Waals surface area contributed by atoms with E-state index in [4.69, 9.17) is 9.84 Å². The minimum absolute atomic E-state index is 0.0184. The van der Waals surface area contributed by atoms with E-state index in [9.17, 15) is 14.4 Å². The molecule has 1 unspecified atom stereocenters. The van der Waals surface area contributed by atoms with Gasteiger partial charge < -0.3 is 15.2 Å². The van der Waals surface area contributed by atoms with Crippen molar-refractivity contribution in [3.8, 4) is 5.75 Å². The van der Waals surface area contributed by atoms with E-state index in [0.717, 1.165) is 0 Å². The van der Waals surface area contributed by atoms with Crippen LogP contribution in [0, 0.1) is 0 Å². The predicted molar refractivity (Wildman–Crippen MR) is 106 cm³/mol. The number of ether oxygens (including phenoxy) is 1. The van der Waals surface area contributed by atoms with E-state index in [1.165, 1.54) is 0 Å². The quantitative estimate of drug-likeness (QED) is 0.382. The standard InChI is InChI=1S/C20H18N2O5S/c1-13(10-18(23)21-11-19(24)25)27-17-8-4-15(5-9-17)20(26)14-2-6-16(7-3-14)22-12-28/h2-9,13H,10-11H2,1H3,(H,21,23)(H,24,25). The van der Waals surface area contributed by atoms with Crippen LogP contribution in [0.1, 0.15) is 29.3 Å². The second-order valence-electron chi connectivity index (χ2n) is 5.91. The van der Waals surface area contributed by atoms with Crippen molar-refractivity contribution in [3.05, 3.63) is 59.7 Å². The Morgan fingerprint density at radius 1 is 1.11 bits per heavy atom. The van der Waals surface area contributed by atoms with Gasteiger partial charge in [0.2, 0.25) is 5.91 Å². The number of amides is 1. The summed E-state index contributed by atoms with van der Waals surface area (Å²) in [5.74, 6) is -1.17. The van der Waals surface area contributed by atoms with Crippen LogP contribution in [0.25, 0.3) is 0 Å². The Morgan fingerprint density at radius 2 is 1.68 bits per heavy atom. The highest BCUT2D eigenvalue weighted by Gasteiger charge is 2.13. The summed E-state index contributed by atoms with van der Waals surface area (Å²) in [6, 6.07) is 13.2. The summed E-state index contributed by atoms with van der Waals surface area (Å²) in [6.07, 6.45) is -0.436. The minimum atomic E-state index is -1.11. The Labute approximate surface area is 167 Å². The molecule has 2 aromatic rings. The van der Waals surface area contributed by atoms with E-state index < -0.39 is 24.5 Å². The van der Waals surface area contributed by atoms with Gasteiger partial charge >= 0.3 is 5.97 Å². The van der Waals surface area contributed by atoms with Crippen molar-refractivity contribution in [1.82, 2.24) is 5.32 Å². The van der Waals surface area contributed by atoms with Crippen molar-refractivity contribution < 1.29 is 24.2 Å². The van der Waals surface area contributed by atoms with Crippen molar-refractivity contribution in [1.29, 1.82) is 0 Å². The minimum Gasteiger partial charge on any atom is -0.490 e. The molecule has 0 spiro atoms. The molecule has 7 nitrogen and oxygen atoms in total. The number of thiocarbonyl (C=S) groups is 1. The third-order valence-corrected chi connectivity index (χ3v) is 3.76. The first-order chi connectivity index (χ1) is 13.4. The number of carboxylic acid groups (broad SMARTS) is 1. The van der Waals surface area contributed by atoms with Crippen LogP contribution in [0.4, 0.5) is 5.69 Å². The summed E-state index contributed by atoms with van der Waals surface area (Å²) in [4.78, 5) is 38.4. The average Bonchev–Trinajstić information content (AvgIpc) is 2.67. The van der Waals surface area contributed by atoms with Crippen LogP contribution < -0.4 is 10.1 Å². The molecule has 2 rings (SSSR count). The molecule has 0 aromatic heterocycles. The zero-order valence-corrected chi connectivity index (χ0v) is 15.9. The normalized spacial score (nSPS) is 11.0. The number of aliphatic imine (C=N–C) groups is 1. The van der Waals surface area contributed by atoms with Gasteiger partial charge in [0.15, 0.2) is 5.78 Å². The molecular weight excluding hydrogens is 380 g/mol. The SMILES string of the molecule is CC(CC(=O)NCC(=O)O)Oc1ccc(C(=O)c2ccc(N=C=S)cc2)cc1. The van der Waals surface area contributed by atoms with Crippen LogP contribution >= 0.6 is 12.2 Å². The van der Waals surface area contributed by atoms with Crippen molar-refractivity contribution in [2.45, 2.75) is 19.4 Å². The van der Waals surface area contributed by atoms with Crippen molar-refractivity contribution >= 4 is 40.7 Å². The Bertz CT molecular complexity index is 903. The number of nitrogens with zero attached hydrogens (tertiary/aromatic N) is 1. The maximum absolute atomic E-state index is 12.5. The maximum atomic E-state index is 12.5. The molecule has 0 saturated heterocycles. The molecule has 8 heteroatoms. The summed E-state index contributed by atoms with van der Waals surface area (Å²) in [5.41, 5.74) is 1.63. The number of carbonyl (C=O) groups excluding carboxylic acids is 2. The second kappa shape index (κ2) is 10.1. The molecule has 28 heavy (non-hydrogen) atoms. The first kappa shape index (κ1) is 21.0. The van der Waals surface area contributed by atoms with E-state index in [1.54, 1.807) is 55.5 Å². The fraction of sp³-hybridized carbons (Fsp3) is 0.200. The molecule has 0 aliphatic rings. The van der Waals surface area contributed by atoms with Crippen LogP contribution in [0.15, 0.2) is 53.5 Å². The number of isothiocyanates is 1. The van der Waals surface area contributed by atoms with Crippen molar-refractivity contribution in [2.75, 3.05) is 6.54 Å². The summed E-state index contributed by atoms with van der Waals surface area (Å²) >= 11 is 4.54. The summed E-state index contributed by atoms with van der Waals surface area (Å²) in [7, 11) is 0. The highest BCUT2D eigenvalue weighted by Crippen LogP contribution is 2.19. The molecule has 0 bridgehead atoms. The molecule has 144 valence electrons. The van der Waals surface area contributed by atoms with Gasteiger partial charge in [-0.05, 0) is 67.7 Å². The van der Waals surface area contributed by atoms with E-state index >= 15 is 0 Å². The number of hydrogen-bond donors (Lipinski definition) is 2. The van der Waals surface area contributed by atoms with Gasteiger partial charge in [0.1, 0.15) is 18.4 Å². The number of ketones is 1. The monoisotopic (exact) mass is 398 g/mol. The third-order valence-electron chi connectivity index (χ3n) is 3.67. The fourth-order valence-corrected chi connectivity index (χ4v) is 2.48. The van der Waals surface area contributed by atoms with Gasteiger partial charge in [0.25, 0.3) is 0 Å². The molecule has 1 amide bonds. The largest absolute Gasteiger partial charge is 0.490 e. The van der Waals surface area contributed by atoms with Crippen LogP contribution in [0.2, 0.25) is 0 Å². The van der Waals surface area contributed by atoms with Gasteiger partial charge in [0, 0.05) is 11.1 Å². The average molecular weight is 398 g/mol. The van der Waals surface area contributed by atoms with Gasteiger partial charge in [-0.25, -0.2) is 0 Å². The summed E-state index contributed by atoms with van der Waals surface area (Å²) < 4.78 is 5.63. The number of rotatable bonds is 9. The van der Waals surface area contributed by atoms with E-state index in [1.807, 2.05) is 0 Å². The number of carboxylic acids is 1. The van der Waals surface area contributed by atoms with Gasteiger partial charge in [0.05, 0.1) is 17.3 Å². The molecule has 0 saturated carbocycles. The number of aliphatic carboxylic acids is 1. The lowest BCUT2D eigenvalue weighted by molar-refractivity contribution is -0.138. The lowest BCUT2D eigenvalue weighted by Crippen LogP contribution is -2.32. The molecule has 2 aromatic carbocycles. The molecule has 0 heterocycles. The highest BCUT2D eigenvalue weighted by molar-refractivity contribution is 7.78. The Hall–Kier alpha value is -3.35. The number of hydrogen-bond acceptors (Lipinski definition) is 6. The number of benzene rings is 2. The smallest absolute Gasteiger partial charge is 0.322 e.